The van der Waals surface area contributed by atoms with Crippen LogP contribution in [0.4, 0.5) is 8.78 Å². The average Bonchev–Trinajstić information content (AvgIpc) is 3.07. The van der Waals surface area contributed by atoms with Crippen LogP contribution in [0.5, 0.6) is 0 Å². The quantitative estimate of drug-likeness (QED) is 0.270. The van der Waals surface area contributed by atoms with Gasteiger partial charge in [-0.25, -0.2) is 8.78 Å². The molecule has 30 heavy (non-hydrogen) atoms. The van der Waals surface area contributed by atoms with Crippen molar-refractivity contribution >= 4 is 5.97 Å². The van der Waals surface area contributed by atoms with E-state index in [0.717, 1.165) is 45.3 Å². The van der Waals surface area contributed by atoms with Gasteiger partial charge in [0.1, 0.15) is 0 Å². The predicted octanol–water partition coefficient (Wildman–Crippen LogP) is 6.29. The third-order valence-corrected chi connectivity index (χ3v) is 6.57. The van der Waals surface area contributed by atoms with E-state index in [9.17, 15) is 13.6 Å². The summed E-state index contributed by atoms with van der Waals surface area (Å²) in [6.07, 6.45) is 9.54. The minimum absolute atomic E-state index is 0.137. The summed E-state index contributed by atoms with van der Waals surface area (Å²) >= 11 is 0. The fraction of sp³-hybridized carbons (Fsp3) is 0.875. The lowest BCUT2D eigenvalue weighted by Crippen LogP contribution is -2.37. The third-order valence-electron chi connectivity index (χ3n) is 6.57. The molecular formula is C24H40F2O4. The molecule has 4 nitrogen and oxygen atoms in total. The Morgan fingerprint density at radius 1 is 1.20 bits per heavy atom. The Balaban J connectivity index is 1.86. The van der Waals surface area contributed by atoms with Crippen molar-refractivity contribution in [3.05, 3.63) is 12.2 Å². The van der Waals surface area contributed by atoms with Crippen molar-refractivity contribution in [2.45, 2.75) is 103 Å². The summed E-state index contributed by atoms with van der Waals surface area (Å²) in [5.74, 6) is -2.12. The van der Waals surface area contributed by atoms with Crippen LogP contribution >= 0.6 is 0 Å². The monoisotopic (exact) mass is 430 g/mol. The van der Waals surface area contributed by atoms with Crippen molar-refractivity contribution in [2.75, 3.05) is 13.2 Å². The van der Waals surface area contributed by atoms with Gasteiger partial charge in [-0.3, -0.25) is 4.79 Å². The lowest BCUT2D eigenvalue weighted by atomic mass is 9.83. The number of rotatable bonds is 12. The Morgan fingerprint density at radius 3 is 2.57 bits per heavy atom. The molecule has 1 saturated carbocycles. The van der Waals surface area contributed by atoms with E-state index in [1.165, 1.54) is 6.92 Å². The number of allylic oxidation sites excluding steroid dienone is 1. The van der Waals surface area contributed by atoms with E-state index in [4.69, 9.17) is 14.2 Å². The molecule has 0 aromatic heterocycles. The molecule has 0 aromatic rings. The number of alkyl halides is 2. The topological polar surface area (TPSA) is 44.8 Å². The number of carbonyl (C=O) groups excluding carboxylic acids is 1. The number of ether oxygens (including phenoxy) is 3. The number of hydrogen-bond donors (Lipinski definition) is 0. The first-order valence-electron chi connectivity index (χ1n) is 11.8. The summed E-state index contributed by atoms with van der Waals surface area (Å²) in [6, 6.07) is 0. The van der Waals surface area contributed by atoms with Crippen molar-refractivity contribution < 1.29 is 27.8 Å². The zero-order valence-corrected chi connectivity index (χ0v) is 18.9. The minimum Gasteiger partial charge on any atom is -0.456 e. The first kappa shape index (κ1) is 25.3. The molecule has 4 atom stereocenters. The fourth-order valence-corrected chi connectivity index (χ4v) is 4.78. The van der Waals surface area contributed by atoms with E-state index >= 15 is 0 Å². The van der Waals surface area contributed by atoms with Gasteiger partial charge >= 0.3 is 5.97 Å². The van der Waals surface area contributed by atoms with Crippen LogP contribution in [0.25, 0.3) is 0 Å². The summed E-state index contributed by atoms with van der Waals surface area (Å²) in [5.41, 5.74) is 0. The molecule has 2 aliphatic rings. The molecule has 1 heterocycles. The van der Waals surface area contributed by atoms with Gasteiger partial charge in [0.05, 0.1) is 13.2 Å². The zero-order chi connectivity index (χ0) is 22.0. The molecule has 1 saturated heterocycles. The second kappa shape index (κ2) is 12.7. The molecule has 0 bridgehead atoms. The van der Waals surface area contributed by atoms with Crippen LogP contribution in [-0.4, -0.2) is 37.5 Å². The number of unbranched alkanes of at least 4 members (excludes halogenated alkanes) is 1. The maximum Gasteiger partial charge on any atom is 0.303 e. The van der Waals surface area contributed by atoms with Crippen LogP contribution in [0, 0.1) is 17.8 Å². The summed E-state index contributed by atoms with van der Waals surface area (Å²) in [7, 11) is 0. The molecule has 0 radical (unpaired) electrons. The number of carbonyl (C=O) groups is 1. The van der Waals surface area contributed by atoms with E-state index in [2.05, 4.69) is 19.1 Å². The second-order valence-corrected chi connectivity index (χ2v) is 8.99. The van der Waals surface area contributed by atoms with Gasteiger partial charge in [0.25, 0.3) is 5.92 Å². The van der Waals surface area contributed by atoms with Gasteiger partial charge in [-0.05, 0) is 56.3 Å². The summed E-state index contributed by atoms with van der Waals surface area (Å²) in [5, 5.41) is 0. The number of halogens is 2. The lowest BCUT2D eigenvalue weighted by molar-refractivity contribution is -0.175. The van der Waals surface area contributed by atoms with Crippen molar-refractivity contribution in [3.8, 4) is 0 Å². The Hall–Kier alpha value is -1.01. The normalized spacial score (nSPS) is 26.9. The van der Waals surface area contributed by atoms with Crippen LogP contribution < -0.4 is 0 Å². The molecule has 0 amide bonds. The fourth-order valence-electron chi connectivity index (χ4n) is 4.78. The van der Waals surface area contributed by atoms with E-state index in [1.807, 2.05) is 6.92 Å². The Bertz CT molecular complexity index is 531. The molecule has 0 aromatic carbocycles. The second-order valence-electron chi connectivity index (χ2n) is 8.99. The summed E-state index contributed by atoms with van der Waals surface area (Å²) in [4.78, 5) is 11.4. The van der Waals surface area contributed by atoms with Crippen molar-refractivity contribution in [1.82, 2.24) is 0 Å². The van der Waals surface area contributed by atoms with Gasteiger partial charge in [-0.1, -0.05) is 38.8 Å². The SMILES string of the molecule is CCCCC(F)(F)C(CC[C@H]1CC[C@H](C)[C@@H]1C/C=C\CC1OCCCO1)OC(C)=O. The maximum absolute atomic E-state index is 14.6. The summed E-state index contributed by atoms with van der Waals surface area (Å²) < 4.78 is 45.4. The molecule has 6 heteroatoms. The molecule has 174 valence electrons. The standard InChI is InChI=1S/C24H40F2O4/c1-4-5-15-24(25,26)22(30-19(3)27)14-13-20-12-11-18(2)21(20)9-6-7-10-23-28-16-8-17-29-23/h6-7,18,20-23H,4-5,8-17H2,1-3H3/b7-6-/t18-,20+,21-,22?/m0/s1. The van der Waals surface area contributed by atoms with Gasteiger partial charge in [0, 0.05) is 19.8 Å². The zero-order valence-electron chi connectivity index (χ0n) is 18.9. The van der Waals surface area contributed by atoms with E-state index < -0.39 is 18.0 Å². The molecule has 2 rings (SSSR count). The van der Waals surface area contributed by atoms with Crippen molar-refractivity contribution in [2.24, 2.45) is 17.8 Å². The van der Waals surface area contributed by atoms with E-state index in [0.29, 0.717) is 37.0 Å². The van der Waals surface area contributed by atoms with Gasteiger partial charge in [-0.2, -0.15) is 0 Å². The lowest BCUT2D eigenvalue weighted by Gasteiger charge is -2.29. The Kier molecular flexibility index (Phi) is 10.7. The minimum atomic E-state index is -2.96. The van der Waals surface area contributed by atoms with Crippen LogP contribution in [0.3, 0.4) is 0 Å². The number of hydrogen-bond acceptors (Lipinski definition) is 4. The van der Waals surface area contributed by atoms with Gasteiger partial charge in [-0.15, -0.1) is 0 Å². The molecule has 1 aliphatic heterocycles. The number of esters is 1. The van der Waals surface area contributed by atoms with Crippen molar-refractivity contribution in [1.29, 1.82) is 0 Å². The molecule has 0 spiro atoms. The van der Waals surface area contributed by atoms with Crippen LogP contribution in [-0.2, 0) is 19.0 Å². The highest BCUT2D eigenvalue weighted by molar-refractivity contribution is 5.66. The van der Waals surface area contributed by atoms with Crippen LogP contribution in [0.1, 0.15) is 85.0 Å². The van der Waals surface area contributed by atoms with E-state index in [-0.39, 0.29) is 19.1 Å². The Labute approximate surface area is 180 Å². The smallest absolute Gasteiger partial charge is 0.303 e. The van der Waals surface area contributed by atoms with Gasteiger partial charge in [0.2, 0.25) is 0 Å². The van der Waals surface area contributed by atoms with E-state index in [1.54, 1.807) is 0 Å². The highest BCUT2D eigenvalue weighted by Crippen LogP contribution is 2.43. The first-order valence-corrected chi connectivity index (χ1v) is 11.8. The maximum atomic E-state index is 14.6. The molecule has 1 aliphatic carbocycles. The molecule has 2 fully saturated rings. The molecular weight excluding hydrogens is 390 g/mol. The summed E-state index contributed by atoms with van der Waals surface area (Å²) in [6.45, 7) is 6.87. The highest BCUT2D eigenvalue weighted by Gasteiger charge is 2.42. The van der Waals surface area contributed by atoms with Crippen LogP contribution in [0.15, 0.2) is 12.2 Å². The molecule has 1 unspecified atom stereocenters. The largest absolute Gasteiger partial charge is 0.456 e. The predicted molar refractivity (Wildman–Crippen MR) is 113 cm³/mol. The van der Waals surface area contributed by atoms with Crippen molar-refractivity contribution in [3.63, 3.8) is 0 Å². The molecule has 0 N–H and O–H groups in total. The highest BCUT2D eigenvalue weighted by atomic mass is 19.3. The average molecular weight is 431 g/mol. The van der Waals surface area contributed by atoms with Crippen LogP contribution in [0.2, 0.25) is 0 Å². The van der Waals surface area contributed by atoms with Gasteiger partial charge < -0.3 is 14.2 Å². The third kappa shape index (κ3) is 8.26. The van der Waals surface area contributed by atoms with Gasteiger partial charge in [0.15, 0.2) is 12.4 Å². The Morgan fingerprint density at radius 2 is 1.90 bits per heavy atom. The first-order chi connectivity index (χ1) is 14.3.